The standard InChI is InChI=1S/C22H37N5/c1-2-3-13-20-25-21-18(22(23)26-20)17-24-19(21)12-8-4-5-9-14-27-15-10-6-7-11-16-27/h2-17H2,1H3,(H2,23,25,26). The lowest BCUT2D eigenvalue weighted by Crippen LogP contribution is -2.25. The third kappa shape index (κ3) is 6.00. The molecule has 0 unspecified atom stereocenters. The van der Waals surface area contributed by atoms with Gasteiger partial charge in [0.05, 0.1) is 18.0 Å². The minimum absolute atomic E-state index is 0.641. The summed E-state index contributed by atoms with van der Waals surface area (Å²) in [4.78, 5) is 16.6. The third-order valence-electron chi connectivity index (χ3n) is 5.88. The zero-order chi connectivity index (χ0) is 18.9. The van der Waals surface area contributed by atoms with Crippen LogP contribution in [0.15, 0.2) is 4.99 Å². The Morgan fingerprint density at radius 1 is 0.889 bits per heavy atom. The molecule has 27 heavy (non-hydrogen) atoms. The van der Waals surface area contributed by atoms with Crippen molar-refractivity contribution in [3.8, 4) is 0 Å². The number of hydrogen-bond donors (Lipinski definition) is 1. The molecule has 0 amide bonds. The Hall–Kier alpha value is -1.49. The van der Waals surface area contributed by atoms with Crippen molar-refractivity contribution >= 4 is 11.5 Å². The number of anilines is 1. The fourth-order valence-electron chi connectivity index (χ4n) is 4.18. The molecule has 2 aliphatic rings. The molecule has 1 aromatic heterocycles. The molecule has 0 aromatic carbocycles. The van der Waals surface area contributed by atoms with Crippen molar-refractivity contribution in [3.05, 3.63) is 17.1 Å². The van der Waals surface area contributed by atoms with Crippen LogP contribution in [0.5, 0.6) is 0 Å². The van der Waals surface area contributed by atoms with E-state index in [2.05, 4.69) is 16.8 Å². The van der Waals surface area contributed by atoms with Crippen LogP contribution in [0, 0.1) is 0 Å². The number of aromatic nitrogens is 2. The summed E-state index contributed by atoms with van der Waals surface area (Å²) in [5, 5.41) is 0. The van der Waals surface area contributed by atoms with Gasteiger partial charge in [-0.3, -0.25) is 4.99 Å². The quantitative estimate of drug-likeness (QED) is 0.614. The van der Waals surface area contributed by atoms with Gasteiger partial charge in [-0.15, -0.1) is 0 Å². The molecule has 0 radical (unpaired) electrons. The number of likely N-dealkylation sites (tertiary alicyclic amines) is 1. The number of unbranched alkanes of at least 4 members (excludes halogenated alkanes) is 4. The van der Waals surface area contributed by atoms with E-state index in [9.17, 15) is 0 Å². The van der Waals surface area contributed by atoms with E-state index in [0.717, 1.165) is 48.5 Å². The first-order valence-corrected chi connectivity index (χ1v) is 11.2. The maximum Gasteiger partial charge on any atom is 0.132 e. The number of fused-ring (bicyclic) bond motifs is 1. The highest BCUT2D eigenvalue weighted by atomic mass is 15.1. The van der Waals surface area contributed by atoms with E-state index >= 15 is 0 Å². The summed E-state index contributed by atoms with van der Waals surface area (Å²) < 4.78 is 0. The summed E-state index contributed by atoms with van der Waals surface area (Å²) in [6.07, 6.45) is 15.0. The van der Waals surface area contributed by atoms with E-state index in [4.69, 9.17) is 15.7 Å². The molecule has 5 heteroatoms. The van der Waals surface area contributed by atoms with Crippen molar-refractivity contribution in [2.75, 3.05) is 25.4 Å². The van der Waals surface area contributed by atoms with E-state index in [1.165, 1.54) is 71.0 Å². The van der Waals surface area contributed by atoms with Crippen LogP contribution < -0.4 is 5.73 Å². The molecule has 0 bridgehead atoms. The van der Waals surface area contributed by atoms with Crippen molar-refractivity contribution in [2.45, 2.75) is 90.5 Å². The first kappa shape index (κ1) is 20.2. The van der Waals surface area contributed by atoms with Gasteiger partial charge in [-0.2, -0.15) is 0 Å². The predicted octanol–water partition coefficient (Wildman–Crippen LogP) is 4.53. The third-order valence-corrected chi connectivity index (χ3v) is 5.88. The highest BCUT2D eigenvalue weighted by Gasteiger charge is 2.21. The van der Waals surface area contributed by atoms with Crippen LogP contribution in [0.3, 0.4) is 0 Å². The number of nitrogens with zero attached hydrogens (tertiary/aromatic N) is 4. The molecule has 1 fully saturated rings. The van der Waals surface area contributed by atoms with Gasteiger partial charge in [0, 0.05) is 12.0 Å². The minimum atomic E-state index is 0.641. The largest absolute Gasteiger partial charge is 0.383 e. The normalized spacial score (nSPS) is 17.6. The summed E-state index contributed by atoms with van der Waals surface area (Å²) in [7, 11) is 0. The minimum Gasteiger partial charge on any atom is -0.383 e. The molecule has 0 spiro atoms. The molecule has 0 atom stereocenters. The molecule has 0 aliphatic carbocycles. The number of rotatable bonds is 10. The first-order valence-electron chi connectivity index (χ1n) is 11.2. The fourth-order valence-corrected chi connectivity index (χ4v) is 4.18. The van der Waals surface area contributed by atoms with Gasteiger partial charge in [-0.05, 0) is 58.2 Å². The van der Waals surface area contributed by atoms with Gasteiger partial charge >= 0.3 is 0 Å². The van der Waals surface area contributed by atoms with Crippen molar-refractivity contribution in [1.82, 2.24) is 14.9 Å². The Balaban J connectivity index is 1.39. The van der Waals surface area contributed by atoms with Crippen molar-refractivity contribution in [2.24, 2.45) is 4.99 Å². The van der Waals surface area contributed by atoms with Crippen LogP contribution in [0.2, 0.25) is 0 Å². The molecule has 3 heterocycles. The van der Waals surface area contributed by atoms with E-state index in [0.29, 0.717) is 12.4 Å². The maximum atomic E-state index is 6.15. The topological polar surface area (TPSA) is 67.4 Å². The van der Waals surface area contributed by atoms with Gasteiger partial charge < -0.3 is 10.6 Å². The molecule has 5 nitrogen and oxygen atoms in total. The molecular formula is C22H37N5. The van der Waals surface area contributed by atoms with Gasteiger partial charge in [0.25, 0.3) is 0 Å². The van der Waals surface area contributed by atoms with Gasteiger partial charge in [0.1, 0.15) is 11.6 Å². The SMILES string of the molecule is CCCCc1nc(N)c2c(n1)C(CCCCCCN1CCCCCC1)=NC2. The zero-order valence-corrected chi connectivity index (χ0v) is 17.2. The lowest BCUT2D eigenvalue weighted by molar-refractivity contribution is 0.278. The second-order valence-corrected chi connectivity index (χ2v) is 8.14. The average Bonchev–Trinajstić information content (AvgIpc) is 2.90. The van der Waals surface area contributed by atoms with Gasteiger partial charge in [-0.25, -0.2) is 9.97 Å². The van der Waals surface area contributed by atoms with Crippen LogP contribution >= 0.6 is 0 Å². The molecule has 1 aromatic rings. The second kappa shape index (κ2) is 10.7. The lowest BCUT2D eigenvalue weighted by atomic mass is 10.1. The Kier molecular flexibility index (Phi) is 8.06. The zero-order valence-electron chi connectivity index (χ0n) is 17.2. The van der Waals surface area contributed by atoms with Gasteiger partial charge in [0.15, 0.2) is 0 Å². The van der Waals surface area contributed by atoms with Crippen LogP contribution in [-0.4, -0.2) is 40.2 Å². The monoisotopic (exact) mass is 371 g/mol. The summed E-state index contributed by atoms with van der Waals surface area (Å²) in [6, 6.07) is 0. The second-order valence-electron chi connectivity index (χ2n) is 8.14. The summed E-state index contributed by atoms with van der Waals surface area (Å²) in [5.74, 6) is 1.53. The highest BCUT2D eigenvalue weighted by Crippen LogP contribution is 2.25. The maximum absolute atomic E-state index is 6.15. The highest BCUT2D eigenvalue weighted by molar-refractivity contribution is 6.02. The Labute approximate surface area is 164 Å². The molecule has 150 valence electrons. The molecule has 1 saturated heterocycles. The van der Waals surface area contributed by atoms with Gasteiger partial charge in [0.2, 0.25) is 0 Å². The summed E-state index contributed by atoms with van der Waals surface area (Å²) in [5.41, 5.74) is 9.40. The van der Waals surface area contributed by atoms with Crippen LogP contribution in [0.25, 0.3) is 0 Å². The molecule has 2 N–H and O–H groups in total. The number of aliphatic imine (C=N–C) groups is 1. The van der Waals surface area contributed by atoms with Crippen molar-refractivity contribution in [3.63, 3.8) is 0 Å². The van der Waals surface area contributed by atoms with Crippen molar-refractivity contribution < 1.29 is 0 Å². The number of aryl methyl sites for hydroxylation is 1. The lowest BCUT2D eigenvalue weighted by Gasteiger charge is -2.19. The number of nitrogen functional groups attached to an aromatic ring is 1. The van der Waals surface area contributed by atoms with Crippen LogP contribution in [-0.2, 0) is 13.0 Å². The predicted molar refractivity (Wildman–Crippen MR) is 113 cm³/mol. The number of hydrogen-bond acceptors (Lipinski definition) is 5. The van der Waals surface area contributed by atoms with E-state index in [-0.39, 0.29) is 0 Å². The Morgan fingerprint density at radius 2 is 1.67 bits per heavy atom. The average molecular weight is 372 g/mol. The van der Waals surface area contributed by atoms with Crippen LogP contribution in [0.1, 0.15) is 94.6 Å². The molecule has 3 rings (SSSR count). The Morgan fingerprint density at radius 3 is 2.44 bits per heavy atom. The molecule has 0 saturated carbocycles. The summed E-state index contributed by atoms with van der Waals surface area (Å²) in [6.45, 7) is 6.77. The Bertz CT molecular complexity index is 617. The van der Waals surface area contributed by atoms with E-state index in [1.807, 2.05) is 0 Å². The van der Waals surface area contributed by atoms with Crippen molar-refractivity contribution in [1.29, 1.82) is 0 Å². The summed E-state index contributed by atoms with van der Waals surface area (Å²) >= 11 is 0. The first-order chi connectivity index (χ1) is 13.3. The van der Waals surface area contributed by atoms with Crippen LogP contribution in [0.4, 0.5) is 5.82 Å². The van der Waals surface area contributed by atoms with E-state index < -0.39 is 0 Å². The molecule has 2 aliphatic heterocycles. The van der Waals surface area contributed by atoms with E-state index in [1.54, 1.807) is 0 Å². The van der Waals surface area contributed by atoms with Gasteiger partial charge in [-0.1, -0.05) is 39.0 Å². The number of nitrogens with two attached hydrogens (primary N) is 1. The molecular weight excluding hydrogens is 334 g/mol. The smallest absolute Gasteiger partial charge is 0.132 e. The fraction of sp³-hybridized carbons (Fsp3) is 0.773.